The lowest BCUT2D eigenvalue weighted by Gasteiger charge is -2.24. The molecule has 14 heteroatoms. The first-order valence-corrected chi connectivity index (χ1v) is 16.0. The molecule has 0 bridgehead atoms. The van der Waals surface area contributed by atoms with E-state index in [9.17, 15) is 26.0 Å². The van der Waals surface area contributed by atoms with Gasteiger partial charge in [0.2, 0.25) is 5.91 Å². The Morgan fingerprint density at radius 3 is 2.10 bits per heavy atom. The monoisotopic (exact) mass is 651 g/mol. The maximum Gasteiger partial charge on any atom is 0.264 e. The highest BCUT2D eigenvalue weighted by molar-refractivity contribution is 7.93. The number of ether oxygens (including phenoxy) is 1. The lowest BCUT2D eigenvalue weighted by atomic mass is 10.3. The van der Waals surface area contributed by atoms with Crippen LogP contribution in [0.3, 0.4) is 0 Å². The van der Waals surface area contributed by atoms with Crippen molar-refractivity contribution in [3.05, 3.63) is 107 Å². The van der Waals surface area contributed by atoms with Crippen molar-refractivity contribution in [1.29, 1.82) is 0 Å². The SMILES string of the molecule is CCOc1ccc(N(CC(=O)Nc2ccc(S(=O)(=O)Nc3cccc(Cl)c3Cl)cc2)S(=O)(=O)c2ccc(F)cc2)cc1. The Morgan fingerprint density at radius 2 is 1.48 bits per heavy atom. The van der Waals surface area contributed by atoms with Gasteiger partial charge in [-0.3, -0.25) is 13.8 Å². The van der Waals surface area contributed by atoms with E-state index in [1.54, 1.807) is 19.1 Å². The largest absolute Gasteiger partial charge is 0.494 e. The molecule has 1 amide bonds. The number of rotatable bonds is 11. The van der Waals surface area contributed by atoms with Crippen LogP contribution >= 0.6 is 23.2 Å². The zero-order valence-electron chi connectivity index (χ0n) is 21.9. The van der Waals surface area contributed by atoms with Crippen LogP contribution in [0.4, 0.5) is 21.5 Å². The molecule has 0 aliphatic rings. The Balaban J connectivity index is 1.54. The number of hydrogen-bond donors (Lipinski definition) is 2. The molecule has 9 nitrogen and oxygen atoms in total. The number of sulfonamides is 2. The van der Waals surface area contributed by atoms with Crippen molar-refractivity contribution in [2.75, 3.05) is 27.5 Å². The summed E-state index contributed by atoms with van der Waals surface area (Å²) in [5, 5.41) is 2.79. The summed E-state index contributed by atoms with van der Waals surface area (Å²) in [7, 11) is -8.33. The van der Waals surface area contributed by atoms with E-state index in [0.29, 0.717) is 12.4 Å². The highest BCUT2D eigenvalue weighted by Gasteiger charge is 2.27. The first kappa shape index (κ1) is 31.1. The molecule has 0 aliphatic heterocycles. The Labute approximate surface area is 252 Å². The zero-order chi connectivity index (χ0) is 30.5. The van der Waals surface area contributed by atoms with Crippen LogP contribution in [0.25, 0.3) is 0 Å². The highest BCUT2D eigenvalue weighted by atomic mass is 35.5. The summed E-state index contributed by atoms with van der Waals surface area (Å²) >= 11 is 12.0. The third-order valence-corrected chi connectivity index (χ3v) is 9.76. The van der Waals surface area contributed by atoms with Crippen LogP contribution in [0.15, 0.2) is 101 Å². The summed E-state index contributed by atoms with van der Waals surface area (Å²) in [6.07, 6.45) is 0. The quantitative estimate of drug-likeness (QED) is 0.200. The number of benzene rings is 4. The molecule has 0 unspecified atom stereocenters. The van der Waals surface area contributed by atoms with Gasteiger partial charge in [0.25, 0.3) is 20.0 Å². The molecule has 42 heavy (non-hydrogen) atoms. The fraction of sp³-hybridized carbons (Fsp3) is 0.107. The Hall–Kier alpha value is -3.84. The van der Waals surface area contributed by atoms with Crippen molar-refractivity contribution in [1.82, 2.24) is 0 Å². The van der Waals surface area contributed by atoms with Gasteiger partial charge >= 0.3 is 0 Å². The number of hydrogen-bond acceptors (Lipinski definition) is 6. The number of carbonyl (C=O) groups excluding carboxylic acids is 1. The lowest BCUT2D eigenvalue weighted by molar-refractivity contribution is -0.114. The molecular formula is C28H24Cl2FN3O6S2. The van der Waals surface area contributed by atoms with Crippen molar-refractivity contribution >= 4 is 66.2 Å². The molecule has 2 N–H and O–H groups in total. The summed E-state index contributed by atoms with van der Waals surface area (Å²) in [5.41, 5.74) is 0.481. The minimum absolute atomic E-state index is 0.0410. The van der Waals surface area contributed by atoms with Gasteiger partial charge in [0, 0.05) is 5.69 Å². The van der Waals surface area contributed by atoms with Gasteiger partial charge in [0.05, 0.1) is 37.8 Å². The number of carbonyl (C=O) groups is 1. The first-order valence-electron chi connectivity index (χ1n) is 12.3. The fourth-order valence-electron chi connectivity index (χ4n) is 3.76. The van der Waals surface area contributed by atoms with E-state index in [0.717, 1.165) is 28.6 Å². The van der Waals surface area contributed by atoms with Crippen LogP contribution in [-0.4, -0.2) is 35.9 Å². The van der Waals surface area contributed by atoms with E-state index in [1.165, 1.54) is 54.6 Å². The molecule has 220 valence electrons. The van der Waals surface area contributed by atoms with E-state index in [-0.39, 0.29) is 36.9 Å². The number of amides is 1. The maximum atomic E-state index is 13.5. The van der Waals surface area contributed by atoms with Gasteiger partial charge < -0.3 is 10.1 Å². The predicted octanol–water partition coefficient (Wildman–Crippen LogP) is 6.17. The highest BCUT2D eigenvalue weighted by Crippen LogP contribution is 2.31. The number of nitrogens with one attached hydrogen (secondary N) is 2. The summed E-state index contributed by atoms with van der Waals surface area (Å²) in [6.45, 7) is 1.57. The molecule has 0 saturated carbocycles. The third kappa shape index (κ3) is 7.32. The number of halogens is 3. The van der Waals surface area contributed by atoms with Crippen LogP contribution in [0.5, 0.6) is 5.75 Å². The van der Waals surface area contributed by atoms with Gasteiger partial charge in [-0.2, -0.15) is 0 Å². The average molecular weight is 653 g/mol. The summed E-state index contributed by atoms with van der Waals surface area (Å²) < 4.78 is 74.8. The smallest absolute Gasteiger partial charge is 0.264 e. The van der Waals surface area contributed by atoms with Crippen molar-refractivity contribution in [2.45, 2.75) is 16.7 Å². The molecule has 0 aromatic heterocycles. The number of nitrogens with zero attached hydrogens (tertiary/aromatic N) is 1. The summed E-state index contributed by atoms with van der Waals surface area (Å²) in [6, 6.07) is 20.0. The molecule has 0 radical (unpaired) electrons. The second kappa shape index (κ2) is 13.0. The van der Waals surface area contributed by atoms with E-state index in [2.05, 4.69) is 10.0 Å². The van der Waals surface area contributed by atoms with Crippen molar-refractivity contribution in [3.8, 4) is 5.75 Å². The van der Waals surface area contributed by atoms with Crippen molar-refractivity contribution < 1.29 is 30.8 Å². The molecule has 0 aliphatic carbocycles. The van der Waals surface area contributed by atoms with Crippen LogP contribution in [-0.2, 0) is 24.8 Å². The molecule has 0 heterocycles. The van der Waals surface area contributed by atoms with Crippen LogP contribution < -0.4 is 19.1 Å². The summed E-state index contributed by atoms with van der Waals surface area (Å²) in [5.74, 6) is -0.823. The van der Waals surface area contributed by atoms with Crippen molar-refractivity contribution in [2.24, 2.45) is 0 Å². The molecule has 4 rings (SSSR count). The Morgan fingerprint density at radius 1 is 0.857 bits per heavy atom. The number of anilines is 3. The van der Waals surface area contributed by atoms with Crippen molar-refractivity contribution in [3.63, 3.8) is 0 Å². The lowest BCUT2D eigenvalue weighted by Crippen LogP contribution is -2.38. The van der Waals surface area contributed by atoms with Gasteiger partial charge in [-0.05, 0) is 91.9 Å². The van der Waals surface area contributed by atoms with Crippen LogP contribution in [0.1, 0.15) is 6.92 Å². The molecule has 0 fully saturated rings. The maximum absolute atomic E-state index is 13.5. The van der Waals surface area contributed by atoms with E-state index >= 15 is 0 Å². The second-order valence-electron chi connectivity index (χ2n) is 8.67. The van der Waals surface area contributed by atoms with Gasteiger partial charge in [-0.1, -0.05) is 29.3 Å². The normalized spacial score (nSPS) is 11.5. The topological polar surface area (TPSA) is 122 Å². The zero-order valence-corrected chi connectivity index (χ0v) is 25.1. The second-order valence-corrected chi connectivity index (χ2v) is 13.0. The van der Waals surface area contributed by atoms with Gasteiger partial charge in [-0.25, -0.2) is 21.2 Å². The first-order chi connectivity index (χ1) is 19.9. The van der Waals surface area contributed by atoms with Gasteiger partial charge in [0.15, 0.2) is 0 Å². The van der Waals surface area contributed by atoms with Crippen LogP contribution in [0.2, 0.25) is 10.0 Å². The van der Waals surface area contributed by atoms with E-state index in [4.69, 9.17) is 27.9 Å². The molecule has 4 aromatic rings. The molecule has 0 spiro atoms. The van der Waals surface area contributed by atoms with Gasteiger partial charge in [-0.15, -0.1) is 0 Å². The standard InChI is InChI=1S/C28H24Cl2FN3O6S2/c1-2-40-22-12-10-21(11-13-22)34(42(38,39)24-14-6-19(31)7-15-24)18-27(35)32-20-8-16-23(17-9-20)41(36,37)33-26-5-3-4-25(29)28(26)30/h3-17,33H,2,18H2,1H3,(H,32,35). The minimum atomic E-state index is -4.29. The predicted molar refractivity (Wildman–Crippen MR) is 161 cm³/mol. The van der Waals surface area contributed by atoms with Crippen LogP contribution in [0, 0.1) is 5.82 Å². The molecule has 0 saturated heterocycles. The minimum Gasteiger partial charge on any atom is -0.494 e. The Bertz CT molecular complexity index is 1790. The Kier molecular flexibility index (Phi) is 9.62. The molecule has 0 atom stereocenters. The average Bonchev–Trinajstić information content (AvgIpc) is 2.95. The fourth-order valence-corrected chi connectivity index (χ4v) is 6.66. The molecule has 4 aromatic carbocycles. The van der Waals surface area contributed by atoms with E-state index in [1.807, 2.05) is 0 Å². The van der Waals surface area contributed by atoms with E-state index < -0.39 is 38.3 Å². The molecular weight excluding hydrogens is 628 g/mol. The summed E-state index contributed by atoms with van der Waals surface area (Å²) in [4.78, 5) is 12.7. The third-order valence-electron chi connectivity index (χ3n) is 5.77. The van der Waals surface area contributed by atoms with Gasteiger partial charge in [0.1, 0.15) is 18.1 Å².